The summed E-state index contributed by atoms with van der Waals surface area (Å²) in [6, 6.07) is 1.14. The van der Waals surface area contributed by atoms with E-state index in [4.69, 9.17) is 11.6 Å². The van der Waals surface area contributed by atoms with Crippen molar-refractivity contribution in [1.82, 2.24) is 14.8 Å². The van der Waals surface area contributed by atoms with Crippen LogP contribution in [0.25, 0.3) is 0 Å². The molecule has 19 heavy (non-hydrogen) atoms. The number of nitrogens with one attached hydrogen (secondary N) is 1. The average molecular weight is 282 g/mol. The largest absolute Gasteiger partial charge is 0.319 e. The van der Waals surface area contributed by atoms with E-state index in [1.165, 1.54) is 10.9 Å². The molecule has 0 saturated heterocycles. The molecular weight excluding hydrogens is 274 g/mol. The Morgan fingerprint density at radius 1 is 1.53 bits per heavy atom. The number of aromatic nitrogens is 3. The Morgan fingerprint density at radius 3 is 2.84 bits per heavy atom. The monoisotopic (exact) mass is 281 g/mol. The van der Waals surface area contributed by atoms with Gasteiger partial charge in [0.25, 0.3) is 11.6 Å². The van der Waals surface area contributed by atoms with Gasteiger partial charge in [-0.25, -0.2) is 4.98 Å². The summed E-state index contributed by atoms with van der Waals surface area (Å²) < 4.78 is 1.49. The summed E-state index contributed by atoms with van der Waals surface area (Å²) in [5.41, 5.74) is -0.144. The molecule has 0 saturated carbocycles. The lowest BCUT2D eigenvalue weighted by Crippen LogP contribution is -2.14. The molecule has 8 nitrogen and oxygen atoms in total. The van der Waals surface area contributed by atoms with E-state index >= 15 is 0 Å². The van der Waals surface area contributed by atoms with Crippen LogP contribution in [0, 0.1) is 10.1 Å². The van der Waals surface area contributed by atoms with Gasteiger partial charge in [-0.1, -0.05) is 11.6 Å². The molecule has 0 atom stereocenters. The van der Waals surface area contributed by atoms with Crippen LogP contribution in [-0.4, -0.2) is 25.6 Å². The van der Waals surface area contributed by atoms with Gasteiger partial charge in [-0.05, 0) is 6.07 Å². The Balaban J connectivity index is 2.32. The zero-order valence-corrected chi connectivity index (χ0v) is 10.5. The maximum absolute atomic E-state index is 12.0. The molecular formula is C10H8ClN5O3. The number of anilines is 1. The second-order valence-corrected chi connectivity index (χ2v) is 4.03. The molecule has 0 aromatic carbocycles. The molecule has 1 N–H and O–H groups in total. The van der Waals surface area contributed by atoms with Crippen molar-refractivity contribution in [1.29, 1.82) is 0 Å². The van der Waals surface area contributed by atoms with Gasteiger partial charge in [-0.2, -0.15) is 5.10 Å². The highest BCUT2D eigenvalue weighted by Gasteiger charge is 2.21. The first-order chi connectivity index (χ1) is 8.97. The van der Waals surface area contributed by atoms with Crippen molar-refractivity contribution in [2.45, 2.75) is 0 Å². The zero-order valence-electron chi connectivity index (χ0n) is 9.70. The van der Waals surface area contributed by atoms with Gasteiger partial charge >= 0.3 is 0 Å². The molecule has 2 aromatic heterocycles. The molecule has 98 valence electrons. The fraction of sp³-hybridized carbons (Fsp3) is 0.100. The van der Waals surface area contributed by atoms with Gasteiger partial charge in [-0.3, -0.25) is 19.6 Å². The van der Waals surface area contributed by atoms with Gasteiger partial charge in [0.2, 0.25) is 0 Å². The molecule has 1 amide bonds. The van der Waals surface area contributed by atoms with Gasteiger partial charge in [0.05, 0.1) is 16.8 Å². The molecule has 0 aliphatic heterocycles. The minimum atomic E-state index is -0.693. The van der Waals surface area contributed by atoms with Gasteiger partial charge in [0.15, 0.2) is 0 Å². The van der Waals surface area contributed by atoms with Crippen LogP contribution < -0.4 is 5.32 Å². The highest BCUT2D eigenvalue weighted by atomic mass is 35.5. The summed E-state index contributed by atoms with van der Waals surface area (Å²) >= 11 is 5.64. The van der Waals surface area contributed by atoms with Crippen LogP contribution in [0.5, 0.6) is 0 Å². The number of pyridine rings is 1. The number of aryl methyl sites for hydroxylation is 1. The fourth-order valence-electron chi connectivity index (χ4n) is 1.43. The van der Waals surface area contributed by atoms with Crippen molar-refractivity contribution in [3.05, 3.63) is 45.5 Å². The van der Waals surface area contributed by atoms with E-state index in [2.05, 4.69) is 15.4 Å². The molecule has 0 aliphatic carbocycles. The van der Waals surface area contributed by atoms with Crippen molar-refractivity contribution >= 4 is 28.9 Å². The Bertz CT molecular complexity index is 654. The van der Waals surface area contributed by atoms with Gasteiger partial charge < -0.3 is 5.32 Å². The van der Waals surface area contributed by atoms with Gasteiger partial charge in [0.1, 0.15) is 16.9 Å². The zero-order chi connectivity index (χ0) is 14.0. The third kappa shape index (κ3) is 2.86. The normalized spacial score (nSPS) is 10.2. The number of halogens is 1. The summed E-state index contributed by atoms with van der Waals surface area (Å²) in [4.78, 5) is 25.7. The van der Waals surface area contributed by atoms with Crippen molar-refractivity contribution in [2.75, 3.05) is 5.32 Å². The Morgan fingerprint density at radius 2 is 2.26 bits per heavy atom. The Kier molecular flexibility index (Phi) is 3.43. The third-order valence-corrected chi connectivity index (χ3v) is 2.46. The summed E-state index contributed by atoms with van der Waals surface area (Å²) in [7, 11) is 1.68. The molecule has 0 radical (unpaired) electrons. The molecule has 2 aromatic rings. The van der Waals surface area contributed by atoms with Crippen LogP contribution in [0.4, 0.5) is 11.4 Å². The van der Waals surface area contributed by atoms with Gasteiger partial charge in [-0.15, -0.1) is 0 Å². The maximum Gasteiger partial charge on any atom is 0.300 e. The predicted molar refractivity (Wildman–Crippen MR) is 67.1 cm³/mol. The molecule has 0 spiro atoms. The van der Waals surface area contributed by atoms with Crippen molar-refractivity contribution in [3.63, 3.8) is 0 Å². The number of hydrogen-bond donors (Lipinski definition) is 1. The van der Waals surface area contributed by atoms with Crippen LogP contribution in [0.2, 0.25) is 5.15 Å². The first-order valence-corrected chi connectivity index (χ1v) is 5.45. The number of hydrogen-bond acceptors (Lipinski definition) is 5. The van der Waals surface area contributed by atoms with Crippen LogP contribution in [0.15, 0.2) is 24.7 Å². The van der Waals surface area contributed by atoms with Crippen molar-refractivity contribution in [2.24, 2.45) is 7.05 Å². The van der Waals surface area contributed by atoms with E-state index in [-0.39, 0.29) is 10.7 Å². The Hall–Kier alpha value is -2.48. The summed E-state index contributed by atoms with van der Waals surface area (Å²) in [6.45, 7) is 0. The van der Waals surface area contributed by atoms with Crippen molar-refractivity contribution in [3.8, 4) is 0 Å². The summed E-state index contributed by atoms with van der Waals surface area (Å²) in [5.74, 6) is -0.649. The lowest BCUT2D eigenvalue weighted by molar-refractivity contribution is -0.385. The van der Waals surface area contributed by atoms with Crippen LogP contribution in [0.1, 0.15) is 10.4 Å². The fourth-order valence-corrected chi connectivity index (χ4v) is 1.59. The smallest absolute Gasteiger partial charge is 0.300 e. The maximum atomic E-state index is 12.0. The third-order valence-electron chi connectivity index (χ3n) is 2.25. The standard InChI is InChI=1S/C10H8ClN5O3/c1-15-5-6(3-13-15)14-10(17)7-2-9(11)12-4-8(7)16(18)19/h2-5H,1H3,(H,14,17). The average Bonchev–Trinajstić information content (AvgIpc) is 2.74. The van der Waals surface area contributed by atoms with E-state index in [0.717, 1.165) is 12.3 Å². The van der Waals surface area contributed by atoms with Crippen LogP contribution in [-0.2, 0) is 7.05 Å². The number of rotatable bonds is 3. The molecule has 0 unspecified atom stereocenters. The second-order valence-electron chi connectivity index (χ2n) is 3.64. The molecule has 2 rings (SSSR count). The predicted octanol–water partition coefficient (Wildman–Crippen LogP) is 1.63. The first-order valence-electron chi connectivity index (χ1n) is 5.07. The highest BCUT2D eigenvalue weighted by Crippen LogP contribution is 2.21. The minimum Gasteiger partial charge on any atom is -0.319 e. The summed E-state index contributed by atoms with van der Waals surface area (Å²) in [5, 5.41) is 17.2. The molecule has 2 heterocycles. The Labute approximate surface area is 112 Å². The first kappa shape index (κ1) is 13.0. The van der Waals surface area contributed by atoms with Crippen molar-refractivity contribution < 1.29 is 9.72 Å². The molecule has 0 fully saturated rings. The molecule has 0 aliphatic rings. The van der Waals surface area contributed by atoms with E-state index in [1.807, 2.05) is 0 Å². The van der Waals surface area contributed by atoms with E-state index < -0.39 is 16.5 Å². The number of nitrogens with zero attached hydrogens (tertiary/aromatic N) is 4. The quantitative estimate of drug-likeness (QED) is 0.523. The SMILES string of the molecule is Cn1cc(NC(=O)c2cc(Cl)ncc2[N+](=O)[O-])cn1. The number of amides is 1. The number of carbonyl (C=O) groups is 1. The number of nitro groups is 1. The minimum absolute atomic E-state index is 0.00179. The summed E-state index contributed by atoms with van der Waals surface area (Å²) in [6.07, 6.45) is 3.93. The van der Waals surface area contributed by atoms with E-state index in [0.29, 0.717) is 5.69 Å². The molecule has 0 bridgehead atoms. The number of carbonyl (C=O) groups excluding carboxylic acids is 1. The highest BCUT2D eigenvalue weighted by molar-refractivity contribution is 6.30. The van der Waals surface area contributed by atoms with Crippen LogP contribution >= 0.6 is 11.6 Å². The lowest BCUT2D eigenvalue weighted by atomic mass is 10.2. The van der Waals surface area contributed by atoms with Crippen LogP contribution in [0.3, 0.4) is 0 Å². The second kappa shape index (κ2) is 5.02. The topological polar surface area (TPSA) is 103 Å². The van der Waals surface area contributed by atoms with E-state index in [9.17, 15) is 14.9 Å². The van der Waals surface area contributed by atoms with Gasteiger partial charge in [0, 0.05) is 13.2 Å². The van der Waals surface area contributed by atoms with E-state index in [1.54, 1.807) is 13.2 Å². The lowest BCUT2D eigenvalue weighted by Gasteiger charge is -2.03. The molecule has 9 heteroatoms.